The maximum absolute atomic E-state index is 12.3. The van der Waals surface area contributed by atoms with Gasteiger partial charge in [0.15, 0.2) is 0 Å². The maximum atomic E-state index is 12.3. The fourth-order valence-corrected chi connectivity index (χ4v) is 2.44. The highest BCUT2D eigenvalue weighted by Crippen LogP contribution is 2.26. The first-order chi connectivity index (χ1) is 12.7. The number of anilines is 2. The van der Waals surface area contributed by atoms with Crippen LogP contribution in [-0.2, 0) is 6.54 Å². The van der Waals surface area contributed by atoms with Crippen molar-refractivity contribution in [2.24, 2.45) is 0 Å². The van der Waals surface area contributed by atoms with Crippen molar-refractivity contribution in [3.63, 3.8) is 0 Å². The summed E-state index contributed by atoms with van der Waals surface area (Å²) in [5.41, 5.74) is 1.97. The number of carbonyl (C=O) groups is 1. The van der Waals surface area contributed by atoms with Gasteiger partial charge in [-0.2, -0.15) is 0 Å². The second kappa shape index (κ2) is 8.31. The third kappa shape index (κ3) is 4.49. The minimum absolute atomic E-state index is 0.270. The smallest absolute Gasteiger partial charge is 0.270 e. The second-order valence-electron chi connectivity index (χ2n) is 5.42. The lowest BCUT2D eigenvalue weighted by atomic mass is 10.2. The van der Waals surface area contributed by atoms with Crippen LogP contribution in [0.15, 0.2) is 60.9 Å². The van der Waals surface area contributed by atoms with Crippen LogP contribution in [0.4, 0.5) is 11.5 Å². The van der Waals surface area contributed by atoms with E-state index in [0.717, 1.165) is 11.3 Å². The zero-order valence-electron chi connectivity index (χ0n) is 14.1. The molecule has 3 rings (SSSR count). The molecule has 1 aromatic heterocycles. The summed E-state index contributed by atoms with van der Waals surface area (Å²) >= 11 is 5.86. The molecule has 0 spiro atoms. The van der Waals surface area contributed by atoms with Crippen molar-refractivity contribution in [3.05, 3.63) is 77.2 Å². The molecule has 0 unspecified atom stereocenters. The van der Waals surface area contributed by atoms with Gasteiger partial charge in [-0.3, -0.25) is 4.79 Å². The van der Waals surface area contributed by atoms with Crippen LogP contribution in [0.25, 0.3) is 0 Å². The molecule has 0 saturated carbocycles. The monoisotopic (exact) mass is 368 g/mol. The Kier molecular flexibility index (Phi) is 5.66. The Morgan fingerprint density at radius 3 is 2.65 bits per heavy atom. The fraction of sp³-hybridized carbons (Fsp3) is 0.105. The number of aromatic nitrogens is 2. The molecule has 2 aromatic carbocycles. The van der Waals surface area contributed by atoms with Crippen LogP contribution in [0.5, 0.6) is 5.75 Å². The SMILES string of the molecule is COc1ccccc1Nc1cc(C(=O)NCc2ccc(Cl)cc2)ncn1. The van der Waals surface area contributed by atoms with Gasteiger partial charge < -0.3 is 15.4 Å². The molecule has 6 nitrogen and oxygen atoms in total. The van der Waals surface area contributed by atoms with E-state index in [-0.39, 0.29) is 11.6 Å². The number of rotatable bonds is 6. The van der Waals surface area contributed by atoms with Crippen molar-refractivity contribution in [1.82, 2.24) is 15.3 Å². The predicted molar refractivity (Wildman–Crippen MR) is 101 cm³/mol. The molecule has 0 aliphatic heterocycles. The Bertz CT molecular complexity index is 900. The zero-order chi connectivity index (χ0) is 18.4. The van der Waals surface area contributed by atoms with Gasteiger partial charge in [0.2, 0.25) is 0 Å². The number of hydrogen-bond acceptors (Lipinski definition) is 5. The average molecular weight is 369 g/mol. The number of ether oxygens (including phenoxy) is 1. The van der Waals surface area contributed by atoms with Crippen molar-refractivity contribution in [2.45, 2.75) is 6.54 Å². The molecule has 0 aliphatic carbocycles. The molecule has 0 bridgehead atoms. The number of para-hydroxylation sites is 2. The van der Waals surface area contributed by atoms with Crippen LogP contribution < -0.4 is 15.4 Å². The van der Waals surface area contributed by atoms with E-state index in [2.05, 4.69) is 20.6 Å². The molecule has 0 fully saturated rings. The van der Waals surface area contributed by atoms with E-state index in [1.807, 2.05) is 36.4 Å². The number of nitrogens with zero attached hydrogens (tertiary/aromatic N) is 2. The van der Waals surface area contributed by atoms with Gasteiger partial charge in [0.25, 0.3) is 5.91 Å². The lowest BCUT2D eigenvalue weighted by molar-refractivity contribution is 0.0946. The first kappa shape index (κ1) is 17.7. The molecule has 0 radical (unpaired) electrons. The van der Waals surface area contributed by atoms with Crippen LogP contribution in [0, 0.1) is 0 Å². The third-order valence-electron chi connectivity index (χ3n) is 3.64. The predicted octanol–water partition coefficient (Wildman–Crippen LogP) is 3.81. The molecule has 1 amide bonds. The largest absolute Gasteiger partial charge is 0.495 e. The highest BCUT2D eigenvalue weighted by atomic mass is 35.5. The number of benzene rings is 2. The van der Waals surface area contributed by atoms with Crippen molar-refractivity contribution < 1.29 is 9.53 Å². The Hall–Kier alpha value is -3.12. The lowest BCUT2D eigenvalue weighted by Crippen LogP contribution is -2.24. The quantitative estimate of drug-likeness (QED) is 0.691. The Morgan fingerprint density at radius 1 is 1.12 bits per heavy atom. The summed E-state index contributed by atoms with van der Waals surface area (Å²) in [5, 5.41) is 6.61. The van der Waals surface area contributed by atoms with Crippen molar-refractivity contribution in [3.8, 4) is 5.75 Å². The highest BCUT2D eigenvalue weighted by molar-refractivity contribution is 6.30. The summed E-state index contributed by atoms with van der Waals surface area (Å²) in [6, 6.07) is 16.3. The normalized spacial score (nSPS) is 10.2. The molecule has 132 valence electrons. The Labute approximate surface area is 156 Å². The summed E-state index contributed by atoms with van der Waals surface area (Å²) in [6.45, 7) is 0.384. The van der Waals surface area contributed by atoms with E-state index in [0.29, 0.717) is 23.1 Å². The first-order valence-electron chi connectivity index (χ1n) is 7.90. The molecule has 2 N–H and O–H groups in total. The summed E-state index contributed by atoms with van der Waals surface area (Å²) in [5.74, 6) is 0.895. The number of carbonyl (C=O) groups excluding carboxylic acids is 1. The van der Waals surface area contributed by atoms with Gasteiger partial charge in [-0.05, 0) is 29.8 Å². The molecule has 0 saturated heterocycles. The number of nitrogens with one attached hydrogen (secondary N) is 2. The highest BCUT2D eigenvalue weighted by Gasteiger charge is 2.10. The summed E-state index contributed by atoms with van der Waals surface area (Å²) in [4.78, 5) is 20.5. The van der Waals surface area contributed by atoms with Crippen molar-refractivity contribution in [1.29, 1.82) is 0 Å². The minimum atomic E-state index is -0.287. The minimum Gasteiger partial charge on any atom is -0.495 e. The average Bonchev–Trinajstić information content (AvgIpc) is 2.68. The molecule has 1 heterocycles. The van der Waals surface area contributed by atoms with E-state index in [1.165, 1.54) is 6.33 Å². The number of methoxy groups -OCH3 is 1. The number of amides is 1. The summed E-state index contributed by atoms with van der Waals surface area (Å²) < 4.78 is 5.30. The zero-order valence-corrected chi connectivity index (χ0v) is 14.8. The van der Waals surface area contributed by atoms with Crippen molar-refractivity contribution >= 4 is 29.0 Å². The van der Waals surface area contributed by atoms with Crippen LogP contribution in [-0.4, -0.2) is 23.0 Å². The Morgan fingerprint density at radius 2 is 1.88 bits per heavy atom. The second-order valence-corrected chi connectivity index (χ2v) is 5.86. The molecule has 3 aromatic rings. The van der Waals surface area contributed by atoms with Crippen LogP contribution in [0.3, 0.4) is 0 Å². The van der Waals surface area contributed by atoms with Crippen LogP contribution in [0.1, 0.15) is 16.1 Å². The van der Waals surface area contributed by atoms with E-state index in [4.69, 9.17) is 16.3 Å². The molecule has 7 heteroatoms. The van der Waals surface area contributed by atoms with Gasteiger partial charge in [-0.25, -0.2) is 9.97 Å². The van der Waals surface area contributed by atoms with Crippen LogP contribution >= 0.6 is 11.6 Å². The molecule has 26 heavy (non-hydrogen) atoms. The Balaban J connectivity index is 1.68. The fourth-order valence-electron chi connectivity index (χ4n) is 2.31. The van der Waals surface area contributed by atoms with Gasteiger partial charge in [-0.1, -0.05) is 35.9 Å². The standard InChI is InChI=1S/C19H17ClN4O2/c1-26-17-5-3-2-4-15(17)24-18-10-16(22-12-23-18)19(25)21-11-13-6-8-14(20)9-7-13/h2-10,12H,11H2,1H3,(H,21,25)(H,22,23,24). The number of halogens is 1. The van der Waals surface area contributed by atoms with E-state index < -0.39 is 0 Å². The van der Waals surface area contributed by atoms with Gasteiger partial charge in [-0.15, -0.1) is 0 Å². The first-order valence-corrected chi connectivity index (χ1v) is 8.28. The maximum Gasteiger partial charge on any atom is 0.270 e. The summed E-state index contributed by atoms with van der Waals surface area (Å²) in [6.07, 6.45) is 1.34. The number of hydrogen-bond donors (Lipinski definition) is 2. The van der Waals surface area contributed by atoms with E-state index in [9.17, 15) is 4.79 Å². The molecular weight excluding hydrogens is 352 g/mol. The van der Waals surface area contributed by atoms with E-state index in [1.54, 1.807) is 25.3 Å². The van der Waals surface area contributed by atoms with Gasteiger partial charge in [0, 0.05) is 17.6 Å². The van der Waals surface area contributed by atoms with Gasteiger partial charge >= 0.3 is 0 Å². The van der Waals surface area contributed by atoms with E-state index >= 15 is 0 Å². The van der Waals surface area contributed by atoms with Gasteiger partial charge in [0.05, 0.1) is 12.8 Å². The summed E-state index contributed by atoms with van der Waals surface area (Å²) in [7, 11) is 1.59. The molecule has 0 atom stereocenters. The lowest BCUT2D eigenvalue weighted by Gasteiger charge is -2.11. The van der Waals surface area contributed by atoms with Crippen molar-refractivity contribution in [2.75, 3.05) is 12.4 Å². The van der Waals surface area contributed by atoms with Gasteiger partial charge in [0.1, 0.15) is 23.6 Å². The topological polar surface area (TPSA) is 76.1 Å². The molecule has 0 aliphatic rings. The van der Waals surface area contributed by atoms with Crippen LogP contribution in [0.2, 0.25) is 5.02 Å². The molecular formula is C19H17ClN4O2. The third-order valence-corrected chi connectivity index (χ3v) is 3.89.